The highest BCUT2D eigenvalue weighted by molar-refractivity contribution is 6.28. The summed E-state index contributed by atoms with van der Waals surface area (Å²) in [5.74, 6) is 0. The molecule has 1 nitrogen and oxygen atoms in total. The SMILES string of the molecule is c1ccc(-c2c3ccccc3c(-c3ccc4oc5cc6c7ccccc7c7ccccc7c6cc5c4c3)c3ccccc23)cc1. The van der Waals surface area contributed by atoms with Gasteiger partial charge in [-0.1, -0.05) is 133 Å². The molecule has 0 aliphatic heterocycles. The van der Waals surface area contributed by atoms with Crippen molar-refractivity contribution in [2.24, 2.45) is 0 Å². The van der Waals surface area contributed by atoms with E-state index in [1.165, 1.54) is 76.1 Å². The van der Waals surface area contributed by atoms with E-state index >= 15 is 0 Å². The van der Waals surface area contributed by atoms with Gasteiger partial charge in [0.2, 0.25) is 0 Å². The molecule has 0 N–H and O–H groups in total. The number of furan rings is 1. The van der Waals surface area contributed by atoms with Crippen LogP contribution in [-0.2, 0) is 0 Å². The van der Waals surface area contributed by atoms with Gasteiger partial charge in [0.15, 0.2) is 0 Å². The van der Waals surface area contributed by atoms with E-state index in [4.69, 9.17) is 4.42 Å². The first kappa shape index (κ1) is 24.5. The quantitative estimate of drug-likeness (QED) is 0.149. The Balaban J connectivity index is 1.30. The third-order valence-corrected chi connectivity index (χ3v) is 9.62. The van der Waals surface area contributed by atoms with Crippen molar-refractivity contribution in [1.29, 1.82) is 0 Å². The molecule has 0 bridgehead atoms. The molecular weight excluding hydrogens is 544 g/mol. The van der Waals surface area contributed by atoms with Gasteiger partial charge in [0.1, 0.15) is 11.2 Å². The van der Waals surface area contributed by atoms with Crippen LogP contribution >= 0.6 is 0 Å². The van der Waals surface area contributed by atoms with Crippen LogP contribution in [0.15, 0.2) is 162 Å². The molecule has 0 fully saturated rings. The van der Waals surface area contributed by atoms with Crippen LogP contribution in [0.5, 0.6) is 0 Å². The lowest BCUT2D eigenvalue weighted by molar-refractivity contribution is 0.669. The van der Waals surface area contributed by atoms with Gasteiger partial charge in [-0.2, -0.15) is 0 Å². The van der Waals surface area contributed by atoms with E-state index in [1.807, 2.05) is 0 Å². The lowest BCUT2D eigenvalue weighted by atomic mass is 9.86. The summed E-state index contributed by atoms with van der Waals surface area (Å²) >= 11 is 0. The van der Waals surface area contributed by atoms with Gasteiger partial charge in [-0.15, -0.1) is 0 Å². The number of hydrogen-bond acceptors (Lipinski definition) is 1. The highest BCUT2D eigenvalue weighted by Crippen LogP contribution is 2.45. The molecule has 1 heterocycles. The Morgan fingerprint density at radius 1 is 0.244 bits per heavy atom. The molecular formula is C44H26O. The summed E-state index contributed by atoms with van der Waals surface area (Å²) in [6, 6.07) is 57.2. The Labute approximate surface area is 259 Å². The second-order valence-electron chi connectivity index (χ2n) is 12.0. The Bertz CT molecular complexity index is 2740. The van der Waals surface area contributed by atoms with E-state index in [0.717, 1.165) is 21.9 Å². The van der Waals surface area contributed by atoms with E-state index in [9.17, 15) is 0 Å². The first-order valence-electron chi connectivity index (χ1n) is 15.5. The maximum atomic E-state index is 6.56. The van der Waals surface area contributed by atoms with Crippen molar-refractivity contribution in [1.82, 2.24) is 0 Å². The second kappa shape index (κ2) is 9.29. The molecule has 0 saturated carbocycles. The van der Waals surface area contributed by atoms with Crippen molar-refractivity contribution in [3.8, 4) is 22.3 Å². The summed E-state index contributed by atoms with van der Waals surface area (Å²) in [4.78, 5) is 0. The Hall–Kier alpha value is -5.92. The van der Waals surface area contributed by atoms with Crippen molar-refractivity contribution < 1.29 is 4.42 Å². The van der Waals surface area contributed by atoms with E-state index in [2.05, 4.69) is 158 Å². The van der Waals surface area contributed by atoms with Crippen LogP contribution in [0.4, 0.5) is 0 Å². The molecule has 0 radical (unpaired) electrons. The summed E-state index contributed by atoms with van der Waals surface area (Å²) < 4.78 is 6.56. The largest absolute Gasteiger partial charge is 0.456 e. The summed E-state index contributed by atoms with van der Waals surface area (Å²) in [6.45, 7) is 0. The second-order valence-corrected chi connectivity index (χ2v) is 12.0. The molecule has 1 heteroatoms. The predicted molar refractivity (Wildman–Crippen MR) is 192 cm³/mol. The monoisotopic (exact) mass is 570 g/mol. The fourth-order valence-corrected chi connectivity index (χ4v) is 7.68. The molecule has 0 spiro atoms. The summed E-state index contributed by atoms with van der Waals surface area (Å²) in [7, 11) is 0. The molecule has 10 rings (SSSR count). The first-order valence-corrected chi connectivity index (χ1v) is 15.5. The van der Waals surface area contributed by atoms with Gasteiger partial charge in [0, 0.05) is 10.8 Å². The topological polar surface area (TPSA) is 13.1 Å². The first-order chi connectivity index (χ1) is 22.3. The average Bonchev–Trinajstić information content (AvgIpc) is 3.47. The van der Waals surface area contributed by atoms with E-state index < -0.39 is 0 Å². The van der Waals surface area contributed by atoms with Gasteiger partial charge >= 0.3 is 0 Å². The molecule has 1 aromatic heterocycles. The van der Waals surface area contributed by atoms with Crippen molar-refractivity contribution in [3.05, 3.63) is 158 Å². The summed E-state index contributed by atoms with van der Waals surface area (Å²) in [5.41, 5.74) is 6.80. The fraction of sp³-hybridized carbons (Fsp3) is 0. The summed E-state index contributed by atoms with van der Waals surface area (Å²) in [6.07, 6.45) is 0. The fourth-order valence-electron chi connectivity index (χ4n) is 7.68. The summed E-state index contributed by atoms with van der Waals surface area (Å²) in [5, 5.41) is 14.9. The van der Waals surface area contributed by atoms with Crippen LogP contribution in [0.2, 0.25) is 0 Å². The maximum Gasteiger partial charge on any atom is 0.136 e. The molecule has 9 aromatic carbocycles. The van der Waals surface area contributed by atoms with Crippen molar-refractivity contribution in [2.75, 3.05) is 0 Å². The zero-order valence-electron chi connectivity index (χ0n) is 24.4. The van der Waals surface area contributed by atoms with E-state index in [0.29, 0.717) is 0 Å². The van der Waals surface area contributed by atoms with E-state index in [1.54, 1.807) is 0 Å². The number of benzene rings is 9. The van der Waals surface area contributed by atoms with Gasteiger partial charge in [-0.25, -0.2) is 0 Å². The third-order valence-electron chi connectivity index (χ3n) is 9.62. The van der Waals surface area contributed by atoms with Gasteiger partial charge in [0.25, 0.3) is 0 Å². The maximum absolute atomic E-state index is 6.56. The Morgan fingerprint density at radius 3 is 1.22 bits per heavy atom. The van der Waals surface area contributed by atoms with Gasteiger partial charge in [-0.3, -0.25) is 0 Å². The highest BCUT2D eigenvalue weighted by atomic mass is 16.3. The zero-order chi connectivity index (χ0) is 29.5. The predicted octanol–water partition coefficient (Wildman–Crippen LogP) is 12.7. The van der Waals surface area contributed by atoms with Crippen LogP contribution in [0.25, 0.3) is 98.1 Å². The molecule has 10 aromatic rings. The van der Waals surface area contributed by atoms with Crippen LogP contribution in [0, 0.1) is 0 Å². The Morgan fingerprint density at radius 2 is 0.667 bits per heavy atom. The number of fused-ring (bicyclic) bond motifs is 11. The molecule has 208 valence electrons. The minimum Gasteiger partial charge on any atom is -0.456 e. The van der Waals surface area contributed by atoms with Gasteiger partial charge < -0.3 is 4.42 Å². The molecule has 0 unspecified atom stereocenters. The van der Waals surface area contributed by atoms with Crippen LogP contribution in [0.3, 0.4) is 0 Å². The smallest absolute Gasteiger partial charge is 0.136 e. The molecule has 0 aliphatic rings. The van der Waals surface area contributed by atoms with Gasteiger partial charge in [0.05, 0.1) is 0 Å². The molecule has 0 aliphatic carbocycles. The zero-order valence-corrected chi connectivity index (χ0v) is 24.4. The van der Waals surface area contributed by atoms with Crippen LogP contribution in [-0.4, -0.2) is 0 Å². The third kappa shape index (κ3) is 3.50. The Kier molecular flexibility index (Phi) is 5.06. The standard InChI is InChI=1S/C44H26O/c1-2-12-27(13-3-1)43-33-18-8-10-20-35(33)44(36-21-11-9-19-34(36)43)28-22-23-41-39(24-28)40-25-37-31-16-6-4-14-29(31)30-15-5-7-17-32(30)38(37)26-42(40)45-41/h1-26H. The lowest BCUT2D eigenvalue weighted by Crippen LogP contribution is -1.90. The van der Waals surface area contributed by atoms with Crippen LogP contribution < -0.4 is 0 Å². The van der Waals surface area contributed by atoms with Crippen molar-refractivity contribution in [3.63, 3.8) is 0 Å². The minimum absolute atomic E-state index is 0.909. The molecule has 0 atom stereocenters. The lowest BCUT2D eigenvalue weighted by Gasteiger charge is -2.17. The number of rotatable bonds is 2. The van der Waals surface area contributed by atoms with Crippen molar-refractivity contribution >= 4 is 75.8 Å². The van der Waals surface area contributed by atoms with Crippen LogP contribution in [0.1, 0.15) is 0 Å². The molecule has 0 amide bonds. The normalized spacial score (nSPS) is 12.0. The average molecular weight is 571 g/mol. The van der Waals surface area contributed by atoms with E-state index in [-0.39, 0.29) is 0 Å². The number of hydrogen-bond donors (Lipinski definition) is 0. The minimum atomic E-state index is 0.909. The molecule has 0 saturated heterocycles. The molecule has 45 heavy (non-hydrogen) atoms. The highest BCUT2D eigenvalue weighted by Gasteiger charge is 2.18. The van der Waals surface area contributed by atoms with Gasteiger partial charge in [-0.05, 0) is 100 Å². The van der Waals surface area contributed by atoms with Crippen molar-refractivity contribution in [2.45, 2.75) is 0 Å².